The van der Waals surface area contributed by atoms with Gasteiger partial charge in [-0.05, 0) is 42.5 Å². The van der Waals surface area contributed by atoms with Gasteiger partial charge >= 0.3 is 12.1 Å². The molecule has 0 aromatic heterocycles. The van der Waals surface area contributed by atoms with E-state index in [1.165, 1.54) is 0 Å². The number of carbonyl (C=O) groups excluding carboxylic acids is 4. The zero-order chi connectivity index (χ0) is 34.9. The van der Waals surface area contributed by atoms with Gasteiger partial charge in [-0.3, -0.25) is 9.59 Å². The van der Waals surface area contributed by atoms with Gasteiger partial charge in [0, 0.05) is 57.9 Å². The van der Waals surface area contributed by atoms with Crippen molar-refractivity contribution in [2.24, 2.45) is 0 Å². The summed E-state index contributed by atoms with van der Waals surface area (Å²) in [6.07, 6.45) is 2.27. The van der Waals surface area contributed by atoms with Crippen molar-refractivity contribution in [2.45, 2.75) is 32.9 Å². The molecule has 0 saturated carbocycles. The van der Waals surface area contributed by atoms with Gasteiger partial charge < -0.3 is 50.0 Å². The summed E-state index contributed by atoms with van der Waals surface area (Å²) in [7, 11) is 0. The molecule has 0 fully saturated rings. The monoisotopic (exact) mass is 684 g/mol. The highest BCUT2D eigenvalue weighted by atomic mass is 16.5. The number of carbonyl (C=O) groups is 4. The van der Waals surface area contributed by atoms with Crippen molar-refractivity contribution in [3.05, 3.63) is 70.8 Å². The van der Waals surface area contributed by atoms with Crippen LogP contribution in [0.5, 0.6) is 0 Å². The fraction of sp³-hybridized carbons (Fsp3) is 0.543. The van der Waals surface area contributed by atoms with Gasteiger partial charge in [-0.1, -0.05) is 42.5 Å². The van der Waals surface area contributed by atoms with Crippen LogP contribution in [0, 0.1) is 6.92 Å². The van der Waals surface area contributed by atoms with Crippen LogP contribution < -0.4 is 21.3 Å². The van der Waals surface area contributed by atoms with E-state index < -0.39 is 0 Å². The molecule has 0 spiro atoms. The zero-order valence-corrected chi connectivity index (χ0v) is 28.6. The first-order valence-electron chi connectivity index (χ1n) is 16.9. The lowest BCUT2D eigenvalue weighted by atomic mass is 10.1. The Balaban J connectivity index is 1.01. The number of fused-ring (bicyclic) bond motifs is 1. The molecule has 2 aromatic rings. The second-order valence-electron chi connectivity index (χ2n) is 11.4. The smallest absolute Gasteiger partial charge is 0.314 e. The van der Waals surface area contributed by atoms with Crippen LogP contribution in [0.15, 0.2) is 48.5 Å². The zero-order valence-electron chi connectivity index (χ0n) is 28.6. The van der Waals surface area contributed by atoms with Crippen LogP contribution in [0.3, 0.4) is 0 Å². The van der Waals surface area contributed by atoms with E-state index in [2.05, 4.69) is 21.3 Å². The molecule has 0 atom stereocenters. The predicted molar refractivity (Wildman–Crippen MR) is 184 cm³/mol. The van der Waals surface area contributed by atoms with Crippen LogP contribution in [-0.2, 0) is 36.8 Å². The Morgan fingerprint density at radius 3 is 1.90 bits per heavy atom. The maximum Gasteiger partial charge on any atom is 0.314 e. The molecule has 0 aliphatic carbocycles. The number of nitrogens with zero attached hydrogens (tertiary/aromatic N) is 2. The van der Waals surface area contributed by atoms with E-state index >= 15 is 0 Å². The number of benzene rings is 2. The molecule has 2 aromatic carbocycles. The molecule has 4 N–H and O–H groups in total. The van der Waals surface area contributed by atoms with Crippen molar-refractivity contribution in [2.75, 3.05) is 92.1 Å². The van der Waals surface area contributed by atoms with Gasteiger partial charge in [-0.15, -0.1) is 0 Å². The highest BCUT2D eigenvalue weighted by Gasteiger charge is 2.26. The molecule has 270 valence electrons. The summed E-state index contributed by atoms with van der Waals surface area (Å²) in [4.78, 5) is 50.9. The second kappa shape index (κ2) is 24.0. The summed E-state index contributed by atoms with van der Waals surface area (Å²) in [5, 5.41) is 11.0. The number of nitrogens with one attached hydrogen (secondary N) is 4. The molecule has 1 aliphatic rings. The number of aryl methyl sites for hydroxylation is 1. The van der Waals surface area contributed by atoms with Crippen molar-refractivity contribution in [1.82, 2.24) is 31.1 Å². The van der Waals surface area contributed by atoms with Gasteiger partial charge in [0.1, 0.15) is 0 Å². The molecule has 6 amide bonds. The molecule has 3 rings (SSSR count). The van der Waals surface area contributed by atoms with E-state index in [0.29, 0.717) is 105 Å². The third-order valence-electron chi connectivity index (χ3n) is 7.69. The predicted octanol–water partition coefficient (Wildman–Crippen LogP) is 2.05. The van der Waals surface area contributed by atoms with E-state index in [1.54, 1.807) is 9.80 Å². The number of ether oxygens (including phenoxy) is 4. The fourth-order valence-electron chi connectivity index (χ4n) is 4.92. The number of amides is 6. The van der Waals surface area contributed by atoms with Gasteiger partial charge in [0.15, 0.2) is 0 Å². The minimum atomic E-state index is -0.272. The van der Waals surface area contributed by atoms with Crippen LogP contribution in [0.1, 0.15) is 39.9 Å². The summed E-state index contributed by atoms with van der Waals surface area (Å²) in [5.74, 6) is 0.0445. The first kappa shape index (κ1) is 39.2. The van der Waals surface area contributed by atoms with Gasteiger partial charge in [0.2, 0.25) is 6.41 Å². The molecule has 0 saturated heterocycles. The Morgan fingerprint density at radius 1 is 0.735 bits per heavy atom. The third-order valence-corrected chi connectivity index (χ3v) is 7.69. The fourth-order valence-corrected chi connectivity index (χ4v) is 4.92. The maximum absolute atomic E-state index is 12.3. The lowest BCUT2D eigenvalue weighted by Crippen LogP contribution is -2.39. The lowest BCUT2D eigenvalue weighted by molar-refractivity contribution is -0.119. The Morgan fingerprint density at radius 2 is 1.29 bits per heavy atom. The number of unbranched alkanes of at least 4 members (excludes halogenated alkanes) is 1. The summed E-state index contributed by atoms with van der Waals surface area (Å²) in [5.41, 5.74) is 4.08. The minimum Gasteiger partial charge on any atom is -0.377 e. The van der Waals surface area contributed by atoms with E-state index in [4.69, 9.17) is 18.9 Å². The van der Waals surface area contributed by atoms with Crippen LogP contribution >= 0.6 is 0 Å². The Kier molecular flexibility index (Phi) is 19.2. The molecule has 14 heteroatoms. The van der Waals surface area contributed by atoms with Gasteiger partial charge in [0.25, 0.3) is 5.91 Å². The molecule has 1 heterocycles. The number of urea groups is 2. The van der Waals surface area contributed by atoms with Crippen molar-refractivity contribution in [3.63, 3.8) is 0 Å². The molecule has 14 nitrogen and oxygen atoms in total. The molecule has 0 radical (unpaired) electrons. The van der Waals surface area contributed by atoms with Crippen molar-refractivity contribution in [1.29, 1.82) is 0 Å². The van der Waals surface area contributed by atoms with Gasteiger partial charge in [-0.25, -0.2) is 9.59 Å². The summed E-state index contributed by atoms with van der Waals surface area (Å²) >= 11 is 0. The first-order chi connectivity index (χ1) is 24.0. The lowest BCUT2D eigenvalue weighted by Gasteiger charge is -2.18. The first-order valence-corrected chi connectivity index (χ1v) is 16.9. The highest BCUT2D eigenvalue weighted by molar-refractivity contribution is 5.98. The largest absolute Gasteiger partial charge is 0.377 e. The number of hydrogen-bond acceptors (Lipinski definition) is 8. The Labute approximate surface area is 289 Å². The van der Waals surface area contributed by atoms with Crippen molar-refractivity contribution in [3.8, 4) is 0 Å². The van der Waals surface area contributed by atoms with E-state index in [9.17, 15) is 19.2 Å². The van der Waals surface area contributed by atoms with E-state index in [1.807, 2.05) is 55.5 Å². The van der Waals surface area contributed by atoms with E-state index in [-0.39, 0.29) is 18.0 Å². The van der Waals surface area contributed by atoms with Crippen molar-refractivity contribution >= 4 is 24.4 Å². The second-order valence-corrected chi connectivity index (χ2v) is 11.4. The normalized spacial score (nSPS) is 12.0. The molecular weight excluding hydrogens is 632 g/mol. The topological polar surface area (TPSA) is 160 Å². The Bertz CT molecular complexity index is 1280. The molecule has 49 heavy (non-hydrogen) atoms. The molecule has 0 unspecified atom stereocenters. The average molecular weight is 685 g/mol. The van der Waals surface area contributed by atoms with Crippen LogP contribution in [0.25, 0.3) is 0 Å². The summed E-state index contributed by atoms with van der Waals surface area (Å²) in [6, 6.07) is 15.1. The van der Waals surface area contributed by atoms with Crippen molar-refractivity contribution < 1.29 is 38.1 Å². The standard InChI is InChI=1S/C35H52N6O8/c1-29-8-2-3-9-30(29)26-40(28-42)16-20-48-24-22-46-18-14-38-34(44)36-12-6-7-13-37-35(45)39-15-19-47-23-25-49-21-17-41-27-31-10-4-5-11-32(31)33(41)43/h2-5,8-11,28H,6-7,12-27H2,1H3,(H2,36,38,44)(H2,37,39,45). The quantitative estimate of drug-likeness (QED) is 0.0866. The summed E-state index contributed by atoms with van der Waals surface area (Å²) < 4.78 is 22.1. The molecule has 1 aliphatic heterocycles. The van der Waals surface area contributed by atoms with Crippen LogP contribution in [0.4, 0.5) is 9.59 Å². The SMILES string of the molecule is Cc1ccccc1CN(C=O)CCOCCOCCNC(=O)NCCCCNC(=O)NCCOCCOCCN1Cc2ccccc2C1=O. The van der Waals surface area contributed by atoms with Crippen LogP contribution in [0.2, 0.25) is 0 Å². The maximum atomic E-state index is 12.3. The molecular formula is C35H52N6O8. The highest BCUT2D eigenvalue weighted by Crippen LogP contribution is 2.21. The van der Waals surface area contributed by atoms with E-state index in [0.717, 1.165) is 41.5 Å². The van der Waals surface area contributed by atoms with Gasteiger partial charge in [-0.2, -0.15) is 0 Å². The Hall–Kier alpha value is -4.24. The number of rotatable bonds is 26. The minimum absolute atomic E-state index is 0.0445. The van der Waals surface area contributed by atoms with Crippen LogP contribution in [-0.4, -0.2) is 126 Å². The van der Waals surface area contributed by atoms with Gasteiger partial charge in [0.05, 0.1) is 52.9 Å². The average Bonchev–Trinajstić information content (AvgIpc) is 3.43. The number of hydrogen-bond donors (Lipinski definition) is 4. The summed E-state index contributed by atoms with van der Waals surface area (Å²) in [6.45, 7) is 9.16. The third kappa shape index (κ3) is 16.1. The molecule has 0 bridgehead atoms.